The number of hydrogen-bond donors (Lipinski definition) is 0. The van der Waals surface area contributed by atoms with Crippen LogP contribution in [0.1, 0.15) is 50.4 Å². The van der Waals surface area contributed by atoms with Crippen LogP contribution in [-0.2, 0) is 0 Å². The Morgan fingerprint density at radius 2 is 2.00 bits per heavy atom. The number of likely N-dealkylation sites (tertiary alicyclic amines) is 1. The molecule has 0 radical (unpaired) electrons. The molecule has 1 fully saturated rings. The number of aromatic nitrogens is 1. The molecule has 1 unspecified atom stereocenters. The van der Waals surface area contributed by atoms with Crippen LogP contribution in [0.5, 0.6) is 0 Å². The second-order valence-electron chi connectivity index (χ2n) is 6.08. The summed E-state index contributed by atoms with van der Waals surface area (Å²) in [4.78, 5) is 9.44. The van der Waals surface area contributed by atoms with E-state index in [0.717, 1.165) is 5.82 Å². The number of pyridine rings is 1. The molecule has 1 atom stereocenters. The summed E-state index contributed by atoms with van der Waals surface area (Å²) in [6.45, 7) is 7.97. The Balaban J connectivity index is 2.29. The average Bonchev–Trinajstić information content (AvgIpc) is 2.38. The van der Waals surface area contributed by atoms with E-state index in [4.69, 9.17) is 4.98 Å². The molecule has 0 spiro atoms. The molecule has 1 aliphatic rings. The van der Waals surface area contributed by atoms with Gasteiger partial charge < -0.3 is 4.90 Å². The summed E-state index contributed by atoms with van der Waals surface area (Å²) in [7, 11) is 4.09. The third-order valence-electron chi connectivity index (χ3n) is 4.14. The lowest BCUT2D eigenvalue weighted by atomic mass is 9.93. The summed E-state index contributed by atoms with van der Waals surface area (Å²) in [6.07, 6.45) is 3.93. The van der Waals surface area contributed by atoms with E-state index < -0.39 is 0 Å². The van der Waals surface area contributed by atoms with Crippen molar-refractivity contribution in [1.82, 2.24) is 9.88 Å². The molecule has 0 aromatic carbocycles. The molecular formula is C16H27N3. The zero-order valence-corrected chi connectivity index (χ0v) is 13.0. The van der Waals surface area contributed by atoms with Crippen molar-refractivity contribution in [2.45, 2.75) is 52.1 Å². The fourth-order valence-corrected chi connectivity index (χ4v) is 3.07. The average molecular weight is 261 g/mol. The number of aryl methyl sites for hydroxylation is 1. The van der Waals surface area contributed by atoms with Gasteiger partial charge in [-0.3, -0.25) is 4.90 Å². The van der Waals surface area contributed by atoms with Gasteiger partial charge in [-0.15, -0.1) is 0 Å². The summed E-state index contributed by atoms with van der Waals surface area (Å²) in [5.41, 5.74) is 2.60. The van der Waals surface area contributed by atoms with Crippen LogP contribution in [0.25, 0.3) is 0 Å². The SMILES string of the molecule is Cc1nc(N(C)C)ccc1C1CCCCN1C(C)C. The van der Waals surface area contributed by atoms with Crippen LogP contribution in [0.2, 0.25) is 0 Å². The fourth-order valence-electron chi connectivity index (χ4n) is 3.07. The lowest BCUT2D eigenvalue weighted by Gasteiger charge is -2.39. The first-order valence-corrected chi connectivity index (χ1v) is 7.41. The van der Waals surface area contributed by atoms with Crippen molar-refractivity contribution < 1.29 is 0 Å². The Bertz CT molecular complexity index is 426. The lowest BCUT2D eigenvalue weighted by molar-refractivity contribution is 0.111. The molecule has 2 rings (SSSR count). The van der Waals surface area contributed by atoms with Crippen molar-refractivity contribution in [2.24, 2.45) is 0 Å². The number of nitrogens with zero attached hydrogens (tertiary/aromatic N) is 3. The van der Waals surface area contributed by atoms with Crippen LogP contribution in [-0.4, -0.2) is 36.6 Å². The largest absolute Gasteiger partial charge is 0.363 e. The summed E-state index contributed by atoms with van der Waals surface area (Å²) in [5, 5.41) is 0. The van der Waals surface area contributed by atoms with Crippen LogP contribution in [0, 0.1) is 6.92 Å². The first kappa shape index (κ1) is 14.3. The van der Waals surface area contributed by atoms with Crippen LogP contribution >= 0.6 is 0 Å². The van der Waals surface area contributed by atoms with Gasteiger partial charge in [0.15, 0.2) is 0 Å². The third-order valence-corrected chi connectivity index (χ3v) is 4.14. The first-order chi connectivity index (χ1) is 9.00. The van der Waals surface area contributed by atoms with Crippen molar-refractivity contribution in [3.8, 4) is 0 Å². The zero-order valence-electron chi connectivity index (χ0n) is 13.0. The zero-order chi connectivity index (χ0) is 14.0. The molecule has 0 saturated carbocycles. The fraction of sp³-hybridized carbons (Fsp3) is 0.688. The summed E-state index contributed by atoms with van der Waals surface area (Å²) in [6, 6.07) is 5.59. The summed E-state index contributed by atoms with van der Waals surface area (Å²) in [5.74, 6) is 1.05. The molecule has 1 saturated heterocycles. The van der Waals surface area contributed by atoms with Gasteiger partial charge >= 0.3 is 0 Å². The highest BCUT2D eigenvalue weighted by molar-refractivity contribution is 5.41. The standard InChI is InChI=1S/C16H27N3/c1-12(2)19-11-7-6-8-15(19)14-9-10-16(18(4)5)17-13(14)3/h9-10,12,15H,6-8,11H2,1-5H3. The molecule has 0 bridgehead atoms. The summed E-state index contributed by atoms with van der Waals surface area (Å²) < 4.78 is 0. The predicted octanol–water partition coefficient (Wildman–Crippen LogP) is 3.39. The molecular weight excluding hydrogens is 234 g/mol. The maximum atomic E-state index is 4.74. The first-order valence-electron chi connectivity index (χ1n) is 7.41. The maximum absolute atomic E-state index is 4.74. The molecule has 1 aliphatic heterocycles. The van der Waals surface area contributed by atoms with Crippen molar-refractivity contribution in [1.29, 1.82) is 0 Å². The highest BCUT2D eigenvalue weighted by Crippen LogP contribution is 2.34. The van der Waals surface area contributed by atoms with E-state index in [0.29, 0.717) is 12.1 Å². The molecule has 0 amide bonds. The third kappa shape index (κ3) is 3.08. The lowest BCUT2D eigenvalue weighted by Crippen LogP contribution is -2.38. The van der Waals surface area contributed by atoms with Gasteiger partial charge in [0.1, 0.15) is 5.82 Å². The Hall–Kier alpha value is -1.09. The van der Waals surface area contributed by atoms with Crippen LogP contribution in [0.4, 0.5) is 5.82 Å². The Morgan fingerprint density at radius 1 is 1.26 bits per heavy atom. The van der Waals surface area contributed by atoms with E-state index in [9.17, 15) is 0 Å². The quantitative estimate of drug-likeness (QED) is 0.831. The minimum Gasteiger partial charge on any atom is -0.363 e. The van der Waals surface area contributed by atoms with Gasteiger partial charge in [0, 0.05) is 31.9 Å². The molecule has 2 heterocycles. The molecule has 106 valence electrons. The second kappa shape index (κ2) is 5.91. The summed E-state index contributed by atoms with van der Waals surface area (Å²) >= 11 is 0. The smallest absolute Gasteiger partial charge is 0.128 e. The van der Waals surface area contributed by atoms with Crippen molar-refractivity contribution in [3.05, 3.63) is 23.4 Å². The number of piperidine rings is 1. The van der Waals surface area contributed by atoms with Crippen LogP contribution in [0.15, 0.2) is 12.1 Å². The highest BCUT2D eigenvalue weighted by Gasteiger charge is 2.27. The van der Waals surface area contributed by atoms with Crippen LogP contribution in [0.3, 0.4) is 0 Å². The highest BCUT2D eigenvalue weighted by atomic mass is 15.2. The Morgan fingerprint density at radius 3 is 2.58 bits per heavy atom. The van der Waals surface area contributed by atoms with Crippen molar-refractivity contribution in [3.63, 3.8) is 0 Å². The van der Waals surface area contributed by atoms with Gasteiger partial charge in [-0.05, 0) is 51.8 Å². The van der Waals surface area contributed by atoms with Gasteiger partial charge in [-0.2, -0.15) is 0 Å². The molecule has 0 N–H and O–H groups in total. The molecule has 19 heavy (non-hydrogen) atoms. The number of hydrogen-bond acceptors (Lipinski definition) is 3. The number of rotatable bonds is 3. The second-order valence-corrected chi connectivity index (χ2v) is 6.08. The molecule has 1 aromatic heterocycles. The van der Waals surface area contributed by atoms with Gasteiger partial charge in [0.2, 0.25) is 0 Å². The topological polar surface area (TPSA) is 19.4 Å². The molecule has 0 aliphatic carbocycles. The maximum Gasteiger partial charge on any atom is 0.128 e. The van der Waals surface area contributed by atoms with Crippen molar-refractivity contribution >= 4 is 5.82 Å². The minimum atomic E-state index is 0.553. The molecule has 3 nitrogen and oxygen atoms in total. The van der Waals surface area contributed by atoms with Crippen LogP contribution < -0.4 is 4.90 Å². The molecule has 1 aromatic rings. The van der Waals surface area contributed by atoms with E-state index in [1.54, 1.807) is 0 Å². The van der Waals surface area contributed by atoms with E-state index in [1.807, 2.05) is 14.1 Å². The van der Waals surface area contributed by atoms with Gasteiger partial charge in [-0.1, -0.05) is 12.5 Å². The van der Waals surface area contributed by atoms with E-state index >= 15 is 0 Å². The van der Waals surface area contributed by atoms with Gasteiger partial charge in [0.05, 0.1) is 0 Å². The van der Waals surface area contributed by atoms with Gasteiger partial charge in [-0.25, -0.2) is 4.98 Å². The van der Waals surface area contributed by atoms with E-state index in [1.165, 1.54) is 37.1 Å². The monoisotopic (exact) mass is 261 g/mol. The Labute approximate surface area is 117 Å². The number of anilines is 1. The molecule has 3 heteroatoms. The Kier molecular flexibility index (Phi) is 4.46. The van der Waals surface area contributed by atoms with E-state index in [2.05, 4.69) is 42.7 Å². The minimum absolute atomic E-state index is 0.553. The van der Waals surface area contributed by atoms with Gasteiger partial charge in [0.25, 0.3) is 0 Å². The van der Waals surface area contributed by atoms with E-state index in [-0.39, 0.29) is 0 Å². The predicted molar refractivity (Wildman–Crippen MR) is 81.7 cm³/mol. The normalized spacial score (nSPS) is 20.8. The van der Waals surface area contributed by atoms with Crippen molar-refractivity contribution in [2.75, 3.05) is 25.5 Å².